The van der Waals surface area contributed by atoms with Crippen LogP contribution < -0.4 is 5.32 Å². The summed E-state index contributed by atoms with van der Waals surface area (Å²) in [5, 5.41) is 5.85. The Bertz CT molecular complexity index is 677. The summed E-state index contributed by atoms with van der Waals surface area (Å²) < 4.78 is 5.06. The van der Waals surface area contributed by atoms with Gasteiger partial charge in [-0.2, -0.15) is 0 Å². The van der Waals surface area contributed by atoms with Gasteiger partial charge in [0.1, 0.15) is 10.5 Å². The van der Waals surface area contributed by atoms with E-state index in [4.69, 9.17) is 4.74 Å². The van der Waals surface area contributed by atoms with Gasteiger partial charge < -0.3 is 4.74 Å². The van der Waals surface area contributed by atoms with Gasteiger partial charge in [-0.05, 0) is 13.3 Å². The number of carbonyl (C=O) groups is 3. The first kappa shape index (κ1) is 18.0. The molecule has 0 aromatic carbocycles. The first-order chi connectivity index (χ1) is 12.0. The third-order valence-electron chi connectivity index (χ3n) is 5.25. The van der Waals surface area contributed by atoms with Crippen LogP contribution >= 0.6 is 11.3 Å². The number of ether oxygens (including phenoxy) is 1. The fourth-order valence-corrected chi connectivity index (χ4v) is 4.87. The zero-order valence-corrected chi connectivity index (χ0v) is 15.5. The van der Waals surface area contributed by atoms with Crippen LogP contribution in [0, 0.1) is 11.8 Å². The molecular formula is C17H23N3O4S. The molecule has 0 spiro atoms. The van der Waals surface area contributed by atoms with Crippen molar-refractivity contribution in [2.24, 2.45) is 11.8 Å². The SMILES string of the molecule is CCCC[C@]1(C(=O)OC)N[C@@H](c2nccs2)[C@H]2C(=O)N(CC)C(=O)[C@H]21. The summed E-state index contributed by atoms with van der Waals surface area (Å²) >= 11 is 1.42. The largest absolute Gasteiger partial charge is 0.468 e. The molecule has 0 bridgehead atoms. The molecular weight excluding hydrogens is 342 g/mol. The van der Waals surface area contributed by atoms with Crippen molar-refractivity contribution in [2.45, 2.75) is 44.7 Å². The molecule has 2 aliphatic heterocycles. The smallest absolute Gasteiger partial charge is 0.326 e. The van der Waals surface area contributed by atoms with E-state index in [1.54, 1.807) is 13.1 Å². The van der Waals surface area contributed by atoms with Crippen molar-refractivity contribution in [1.29, 1.82) is 0 Å². The van der Waals surface area contributed by atoms with Crippen LogP contribution in [0.25, 0.3) is 0 Å². The molecule has 0 unspecified atom stereocenters. The van der Waals surface area contributed by atoms with Crippen molar-refractivity contribution < 1.29 is 19.1 Å². The number of carbonyl (C=O) groups excluding carboxylic acids is 3. The molecule has 8 heteroatoms. The van der Waals surface area contributed by atoms with Gasteiger partial charge in [0.15, 0.2) is 0 Å². The van der Waals surface area contributed by atoms with Gasteiger partial charge in [0, 0.05) is 18.1 Å². The predicted octanol–water partition coefficient (Wildman–Crippen LogP) is 1.51. The van der Waals surface area contributed by atoms with E-state index in [0.717, 1.165) is 17.8 Å². The zero-order chi connectivity index (χ0) is 18.2. The highest BCUT2D eigenvalue weighted by Crippen LogP contribution is 2.51. The summed E-state index contributed by atoms with van der Waals surface area (Å²) in [6, 6.07) is -0.450. The minimum Gasteiger partial charge on any atom is -0.468 e. The lowest BCUT2D eigenvalue weighted by Crippen LogP contribution is -2.56. The number of rotatable bonds is 6. The van der Waals surface area contributed by atoms with E-state index in [1.165, 1.54) is 23.3 Å². The molecule has 7 nitrogen and oxygen atoms in total. The average molecular weight is 365 g/mol. The molecule has 2 amide bonds. The van der Waals surface area contributed by atoms with Crippen LogP contribution in [0.5, 0.6) is 0 Å². The van der Waals surface area contributed by atoms with Crippen LogP contribution in [0.3, 0.4) is 0 Å². The molecule has 1 N–H and O–H groups in total. The maximum Gasteiger partial charge on any atom is 0.326 e. The van der Waals surface area contributed by atoms with Gasteiger partial charge in [-0.15, -0.1) is 11.3 Å². The fraction of sp³-hybridized carbons (Fsp3) is 0.647. The number of hydrogen-bond acceptors (Lipinski definition) is 7. The monoisotopic (exact) mass is 365 g/mol. The van der Waals surface area contributed by atoms with Crippen LogP contribution in [0.15, 0.2) is 11.6 Å². The Morgan fingerprint density at radius 1 is 1.40 bits per heavy atom. The van der Waals surface area contributed by atoms with E-state index >= 15 is 0 Å². The highest BCUT2D eigenvalue weighted by Gasteiger charge is 2.68. The molecule has 0 aliphatic carbocycles. The Kier molecular flexibility index (Phi) is 4.92. The van der Waals surface area contributed by atoms with Crippen LogP contribution in [-0.2, 0) is 19.1 Å². The number of aromatic nitrogens is 1. The Morgan fingerprint density at radius 2 is 2.16 bits per heavy atom. The molecule has 3 heterocycles. The topological polar surface area (TPSA) is 88.6 Å². The normalized spacial score (nSPS) is 31.5. The summed E-state index contributed by atoms with van der Waals surface area (Å²) in [5.74, 6) is -2.35. The van der Waals surface area contributed by atoms with Gasteiger partial charge in [-0.1, -0.05) is 19.8 Å². The number of methoxy groups -OCH3 is 1. The number of unbranched alkanes of at least 4 members (excludes halogenated alkanes) is 1. The van der Waals surface area contributed by atoms with Gasteiger partial charge in [0.05, 0.1) is 25.0 Å². The maximum atomic E-state index is 13.0. The number of fused-ring (bicyclic) bond motifs is 1. The lowest BCUT2D eigenvalue weighted by molar-refractivity contribution is -0.154. The second kappa shape index (κ2) is 6.84. The predicted molar refractivity (Wildman–Crippen MR) is 91.6 cm³/mol. The summed E-state index contributed by atoms with van der Waals surface area (Å²) in [5.41, 5.74) is -1.18. The minimum atomic E-state index is -1.18. The van der Waals surface area contributed by atoms with Gasteiger partial charge in [-0.3, -0.25) is 24.6 Å². The van der Waals surface area contributed by atoms with E-state index in [-0.39, 0.29) is 11.8 Å². The second-order valence-electron chi connectivity index (χ2n) is 6.48. The van der Waals surface area contributed by atoms with E-state index in [1.807, 2.05) is 12.3 Å². The first-order valence-electron chi connectivity index (χ1n) is 8.62. The standard InChI is InChI=1S/C17H23N3O4S/c1-4-6-7-17(16(23)24-3)11-10(14(21)20(5-2)15(11)22)12(19-17)13-18-8-9-25-13/h8-12,19H,4-7H2,1-3H3/t10-,11-,12+,17-/m0/s1. The quantitative estimate of drug-likeness (QED) is 0.607. The number of nitrogens with one attached hydrogen (secondary N) is 1. The van der Waals surface area contributed by atoms with Gasteiger partial charge in [0.25, 0.3) is 0 Å². The lowest BCUT2D eigenvalue weighted by atomic mass is 9.77. The van der Waals surface area contributed by atoms with Crippen molar-refractivity contribution in [1.82, 2.24) is 15.2 Å². The van der Waals surface area contributed by atoms with E-state index < -0.39 is 29.4 Å². The highest BCUT2D eigenvalue weighted by molar-refractivity contribution is 7.09. The van der Waals surface area contributed by atoms with Crippen LogP contribution in [0.1, 0.15) is 44.2 Å². The molecule has 2 aliphatic rings. The van der Waals surface area contributed by atoms with Crippen molar-refractivity contribution >= 4 is 29.1 Å². The van der Waals surface area contributed by atoms with Gasteiger partial charge >= 0.3 is 5.97 Å². The number of likely N-dealkylation sites (tertiary alicyclic amines) is 1. The number of hydrogen-bond donors (Lipinski definition) is 1. The number of amides is 2. The lowest BCUT2D eigenvalue weighted by Gasteiger charge is -2.32. The Hall–Kier alpha value is -1.80. The molecule has 2 fully saturated rings. The molecule has 1 aromatic rings. The molecule has 3 rings (SSSR count). The Labute approximate surface area is 150 Å². The first-order valence-corrected chi connectivity index (χ1v) is 9.50. The van der Waals surface area contributed by atoms with Crippen molar-refractivity contribution in [3.05, 3.63) is 16.6 Å². The summed E-state index contributed by atoms with van der Waals surface area (Å²) in [6.45, 7) is 4.10. The van der Waals surface area contributed by atoms with Crippen LogP contribution in [0.2, 0.25) is 0 Å². The Morgan fingerprint density at radius 3 is 2.72 bits per heavy atom. The molecule has 2 saturated heterocycles. The fourth-order valence-electron chi connectivity index (χ4n) is 4.13. The van der Waals surface area contributed by atoms with Crippen LogP contribution in [0.4, 0.5) is 0 Å². The molecule has 0 saturated carbocycles. The van der Waals surface area contributed by atoms with Crippen LogP contribution in [-0.4, -0.2) is 46.9 Å². The molecule has 1 aromatic heterocycles. The Balaban J connectivity index is 2.11. The van der Waals surface area contributed by atoms with Gasteiger partial charge in [-0.25, -0.2) is 4.98 Å². The molecule has 4 atom stereocenters. The maximum absolute atomic E-state index is 13.0. The van der Waals surface area contributed by atoms with Crippen molar-refractivity contribution in [2.75, 3.05) is 13.7 Å². The summed E-state index contributed by atoms with van der Waals surface area (Å²) in [6.07, 6.45) is 3.75. The number of thiazole rings is 1. The zero-order valence-electron chi connectivity index (χ0n) is 14.7. The summed E-state index contributed by atoms with van der Waals surface area (Å²) in [4.78, 5) is 44.2. The van der Waals surface area contributed by atoms with E-state index in [9.17, 15) is 14.4 Å². The van der Waals surface area contributed by atoms with E-state index in [0.29, 0.717) is 13.0 Å². The molecule has 25 heavy (non-hydrogen) atoms. The highest BCUT2D eigenvalue weighted by atomic mass is 32.1. The van der Waals surface area contributed by atoms with Crippen molar-refractivity contribution in [3.8, 4) is 0 Å². The summed E-state index contributed by atoms with van der Waals surface area (Å²) in [7, 11) is 1.32. The van der Waals surface area contributed by atoms with E-state index in [2.05, 4.69) is 10.3 Å². The average Bonchev–Trinajstić information content (AvgIpc) is 3.30. The van der Waals surface area contributed by atoms with Gasteiger partial charge in [0.2, 0.25) is 11.8 Å². The number of nitrogens with zero attached hydrogens (tertiary/aromatic N) is 2. The second-order valence-corrected chi connectivity index (χ2v) is 7.41. The molecule has 136 valence electrons. The number of imide groups is 1. The third kappa shape index (κ3) is 2.58. The minimum absolute atomic E-state index is 0.229. The molecule has 0 radical (unpaired) electrons. The van der Waals surface area contributed by atoms with Crippen molar-refractivity contribution in [3.63, 3.8) is 0 Å². The third-order valence-corrected chi connectivity index (χ3v) is 6.11. The number of esters is 1.